The van der Waals surface area contributed by atoms with Crippen molar-refractivity contribution in [3.63, 3.8) is 0 Å². The fourth-order valence-corrected chi connectivity index (χ4v) is 2.50. The van der Waals surface area contributed by atoms with E-state index < -0.39 is 0 Å². The van der Waals surface area contributed by atoms with Gasteiger partial charge in [-0.1, -0.05) is 58.7 Å². The summed E-state index contributed by atoms with van der Waals surface area (Å²) < 4.78 is 7.00. The monoisotopic (exact) mass is 367 g/mol. The van der Waals surface area contributed by atoms with Crippen molar-refractivity contribution in [1.82, 2.24) is 5.32 Å². The van der Waals surface area contributed by atoms with E-state index in [2.05, 4.69) is 28.2 Å². The van der Waals surface area contributed by atoms with Gasteiger partial charge in [0, 0.05) is 16.6 Å². The first-order valence-electron chi connectivity index (χ1n) is 7.06. The van der Waals surface area contributed by atoms with Crippen LogP contribution >= 0.6 is 27.5 Å². The van der Waals surface area contributed by atoms with Crippen molar-refractivity contribution in [3.8, 4) is 5.75 Å². The number of hydrogen-bond donors (Lipinski definition) is 1. The van der Waals surface area contributed by atoms with E-state index in [1.807, 2.05) is 42.5 Å². The van der Waals surface area contributed by atoms with Crippen LogP contribution in [0.5, 0.6) is 5.75 Å². The van der Waals surface area contributed by atoms with E-state index in [1.54, 1.807) is 0 Å². The van der Waals surface area contributed by atoms with Gasteiger partial charge in [0.1, 0.15) is 12.4 Å². The van der Waals surface area contributed by atoms with Crippen molar-refractivity contribution < 1.29 is 4.74 Å². The molecule has 0 aliphatic heterocycles. The predicted molar refractivity (Wildman–Crippen MR) is 91.9 cm³/mol. The third-order valence-electron chi connectivity index (χ3n) is 3.09. The molecule has 0 atom stereocenters. The van der Waals surface area contributed by atoms with Gasteiger partial charge in [-0.05, 0) is 36.7 Å². The third kappa shape index (κ3) is 5.03. The maximum absolute atomic E-state index is 6.27. The highest BCUT2D eigenvalue weighted by Gasteiger charge is 2.08. The number of rotatable bonds is 7. The first kappa shape index (κ1) is 16.3. The molecule has 21 heavy (non-hydrogen) atoms. The van der Waals surface area contributed by atoms with Crippen LogP contribution in [0.15, 0.2) is 46.9 Å². The second-order valence-corrected chi connectivity index (χ2v) is 6.14. The van der Waals surface area contributed by atoms with Crippen LogP contribution < -0.4 is 10.1 Å². The van der Waals surface area contributed by atoms with Gasteiger partial charge in [-0.3, -0.25) is 0 Å². The molecular weight excluding hydrogens is 350 g/mol. The molecule has 2 nitrogen and oxygen atoms in total. The van der Waals surface area contributed by atoms with Crippen molar-refractivity contribution in [2.45, 2.75) is 26.5 Å². The number of halogens is 2. The molecule has 0 saturated heterocycles. The van der Waals surface area contributed by atoms with Gasteiger partial charge in [0.05, 0.1) is 5.02 Å². The summed E-state index contributed by atoms with van der Waals surface area (Å²) in [5.74, 6) is 0.769. The first-order valence-corrected chi connectivity index (χ1v) is 8.23. The minimum atomic E-state index is 0.512. The number of para-hydroxylation sites is 1. The van der Waals surface area contributed by atoms with Crippen molar-refractivity contribution >= 4 is 27.5 Å². The summed E-state index contributed by atoms with van der Waals surface area (Å²) in [5, 5.41) is 4.04. The number of hydrogen-bond acceptors (Lipinski definition) is 2. The molecule has 1 N–H and O–H groups in total. The molecule has 0 aromatic heterocycles. The number of ether oxygens (including phenoxy) is 1. The Kier molecular flexibility index (Phi) is 6.55. The normalized spacial score (nSPS) is 10.6. The molecule has 0 bridgehead atoms. The molecule has 112 valence electrons. The van der Waals surface area contributed by atoms with Gasteiger partial charge in [0.15, 0.2) is 0 Å². The molecule has 0 fully saturated rings. The van der Waals surface area contributed by atoms with Gasteiger partial charge in [-0.25, -0.2) is 0 Å². The molecule has 0 aliphatic rings. The zero-order chi connectivity index (χ0) is 15.1. The Labute approximate surface area is 139 Å². The van der Waals surface area contributed by atoms with Crippen molar-refractivity contribution in [3.05, 3.63) is 63.1 Å². The zero-order valence-electron chi connectivity index (χ0n) is 12.0. The van der Waals surface area contributed by atoms with Gasteiger partial charge >= 0.3 is 0 Å². The van der Waals surface area contributed by atoms with Gasteiger partial charge < -0.3 is 10.1 Å². The summed E-state index contributed by atoms with van der Waals surface area (Å²) in [6, 6.07) is 14.0. The van der Waals surface area contributed by atoms with E-state index in [0.29, 0.717) is 11.6 Å². The summed E-state index contributed by atoms with van der Waals surface area (Å²) in [5.41, 5.74) is 2.21. The van der Waals surface area contributed by atoms with Crippen LogP contribution in [0, 0.1) is 0 Å². The Morgan fingerprint density at radius 2 is 1.90 bits per heavy atom. The zero-order valence-corrected chi connectivity index (χ0v) is 14.4. The van der Waals surface area contributed by atoms with Crippen LogP contribution in [-0.4, -0.2) is 6.54 Å². The lowest BCUT2D eigenvalue weighted by Crippen LogP contribution is -2.14. The fraction of sp³-hybridized carbons (Fsp3) is 0.294. The average Bonchev–Trinajstić information content (AvgIpc) is 2.48. The SMILES string of the molecule is CCCNCc1cccc(Cl)c1OCc1ccc(Br)cc1. The molecule has 2 aromatic carbocycles. The lowest BCUT2D eigenvalue weighted by atomic mass is 10.2. The summed E-state index contributed by atoms with van der Waals surface area (Å²) in [4.78, 5) is 0. The summed E-state index contributed by atoms with van der Waals surface area (Å²) in [7, 11) is 0. The minimum absolute atomic E-state index is 0.512. The van der Waals surface area contributed by atoms with E-state index in [1.165, 1.54) is 0 Å². The molecule has 0 heterocycles. The standard InChI is InChI=1S/C17H19BrClNO/c1-2-10-20-11-14-4-3-5-16(19)17(14)21-12-13-6-8-15(18)9-7-13/h3-9,20H,2,10-12H2,1H3. The smallest absolute Gasteiger partial charge is 0.142 e. The minimum Gasteiger partial charge on any atom is -0.487 e. The Bertz CT molecular complexity index is 572. The maximum Gasteiger partial charge on any atom is 0.142 e. The Morgan fingerprint density at radius 1 is 1.14 bits per heavy atom. The van der Waals surface area contributed by atoms with Crippen molar-refractivity contribution in [2.75, 3.05) is 6.54 Å². The summed E-state index contributed by atoms with van der Waals surface area (Å²) in [6.45, 7) is 4.41. The molecule has 0 saturated carbocycles. The lowest BCUT2D eigenvalue weighted by Gasteiger charge is -2.14. The van der Waals surface area contributed by atoms with Crippen LogP contribution in [0.4, 0.5) is 0 Å². The van der Waals surface area contributed by atoms with Gasteiger partial charge in [-0.2, -0.15) is 0 Å². The van der Waals surface area contributed by atoms with Crippen LogP contribution in [0.25, 0.3) is 0 Å². The van der Waals surface area contributed by atoms with Crippen LogP contribution in [0.1, 0.15) is 24.5 Å². The molecule has 0 unspecified atom stereocenters. The average molecular weight is 369 g/mol. The van der Waals surface area contributed by atoms with Crippen LogP contribution in [0.3, 0.4) is 0 Å². The van der Waals surface area contributed by atoms with E-state index in [0.717, 1.165) is 40.9 Å². The van der Waals surface area contributed by atoms with Gasteiger partial charge in [0.25, 0.3) is 0 Å². The van der Waals surface area contributed by atoms with Crippen molar-refractivity contribution in [1.29, 1.82) is 0 Å². The molecule has 4 heteroatoms. The Balaban J connectivity index is 2.05. The maximum atomic E-state index is 6.27. The van der Waals surface area contributed by atoms with Crippen LogP contribution in [-0.2, 0) is 13.2 Å². The van der Waals surface area contributed by atoms with Crippen LogP contribution in [0.2, 0.25) is 5.02 Å². The molecule has 0 spiro atoms. The molecule has 0 amide bonds. The topological polar surface area (TPSA) is 21.3 Å². The highest BCUT2D eigenvalue weighted by Crippen LogP contribution is 2.29. The van der Waals surface area contributed by atoms with Crippen molar-refractivity contribution in [2.24, 2.45) is 0 Å². The lowest BCUT2D eigenvalue weighted by molar-refractivity contribution is 0.302. The Morgan fingerprint density at radius 3 is 2.62 bits per heavy atom. The second kappa shape index (κ2) is 8.42. The first-order chi connectivity index (χ1) is 10.2. The fourth-order valence-electron chi connectivity index (χ4n) is 1.99. The third-order valence-corrected chi connectivity index (χ3v) is 3.91. The molecular formula is C17H19BrClNO. The van der Waals surface area contributed by atoms with Gasteiger partial charge in [0.2, 0.25) is 0 Å². The van der Waals surface area contributed by atoms with Gasteiger partial charge in [-0.15, -0.1) is 0 Å². The van der Waals surface area contributed by atoms with E-state index in [4.69, 9.17) is 16.3 Å². The highest BCUT2D eigenvalue weighted by atomic mass is 79.9. The molecule has 2 aromatic rings. The largest absolute Gasteiger partial charge is 0.487 e. The number of benzene rings is 2. The molecule has 0 radical (unpaired) electrons. The van der Waals surface area contributed by atoms with E-state index in [-0.39, 0.29) is 0 Å². The molecule has 0 aliphatic carbocycles. The summed E-state index contributed by atoms with van der Waals surface area (Å²) in [6.07, 6.45) is 1.11. The second-order valence-electron chi connectivity index (χ2n) is 4.82. The van der Waals surface area contributed by atoms with E-state index in [9.17, 15) is 0 Å². The Hall–Kier alpha value is -1.03. The quantitative estimate of drug-likeness (QED) is 0.680. The summed E-state index contributed by atoms with van der Waals surface area (Å²) >= 11 is 9.70. The predicted octanol–water partition coefficient (Wildman–Crippen LogP) is 5.18. The highest BCUT2D eigenvalue weighted by molar-refractivity contribution is 9.10. The molecule has 2 rings (SSSR count). The van der Waals surface area contributed by atoms with E-state index >= 15 is 0 Å². The number of nitrogens with one attached hydrogen (secondary N) is 1.